The van der Waals surface area contributed by atoms with E-state index in [1.807, 2.05) is 18.2 Å². The van der Waals surface area contributed by atoms with Gasteiger partial charge in [0.2, 0.25) is 11.8 Å². The van der Waals surface area contributed by atoms with Crippen molar-refractivity contribution in [1.29, 1.82) is 0 Å². The molecule has 0 radical (unpaired) electrons. The van der Waals surface area contributed by atoms with Crippen molar-refractivity contribution < 1.29 is 14.3 Å². The fraction of sp³-hybridized carbons (Fsp3) is 0.579. The van der Waals surface area contributed by atoms with Gasteiger partial charge in [-0.05, 0) is 43.9 Å². The quantitative estimate of drug-likeness (QED) is 0.906. The van der Waals surface area contributed by atoms with Gasteiger partial charge in [-0.25, -0.2) is 0 Å². The van der Waals surface area contributed by atoms with Gasteiger partial charge in [-0.15, -0.1) is 0 Å². The van der Waals surface area contributed by atoms with E-state index < -0.39 is 0 Å². The Balaban J connectivity index is 1.42. The van der Waals surface area contributed by atoms with Crippen LogP contribution in [0.2, 0.25) is 0 Å². The average molecular weight is 343 g/mol. The van der Waals surface area contributed by atoms with Crippen LogP contribution >= 0.6 is 0 Å². The number of rotatable bonds is 4. The number of hydrogen-bond donors (Lipinski definition) is 1. The van der Waals surface area contributed by atoms with E-state index in [9.17, 15) is 9.59 Å². The molecule has 6 heteroatoms. The molecule has 1 saturated carbocycles. The highest BCUT2D eigenvalue weighted by Gasteiger charge is 2.40. The molecule has 2 saturated heterocycles. The highest BCUT2D eigenvalue weighted by atomic mass is 16.5. The first-order valence-electron chi connectivity index (χ1n) is 9.26. The zero-order chi connectivity index (χ0) is 17.2. The lowest BCUT2D eigenvalue weighted by Gasteiger charge is -2.29. The van der Waals surface area contributed by atoms with E-state index in [4.69, 9.17) is 4.74 Å². The van der Waals surface area contributed by atoms with E-state index in [0.29, 0.717) is 6.54 Å². The Labute approximate surface area is 148 Å². The number of hydrogen-bond acceptors (Lipinski definition) is 4. The van der Waals surface area contributed by atoms with Crippen LogP contribution in [0.5, 0.6) is 0 Å². The summed E-state index contributed by atoms with van der Waals surface area (Å²) in [5, 5.41) is 3.02. The van der Waals surface area contributed by atoms with E-state index in [2.05, 4.69) is 16.3 Å². The first-order valence-corrected chi connectivity index (χ1v) is 9.26. The second kappa shape index (κ2) is 7.04. The molecule has 1 N–H and O–H groups in total. The van der Waals surface area contributed by atoms with Crippen molar-refractivity contribution in [1.82, 2.24) is 4.90 Å². The molecule has 25 heavy (non-hydrogen) atoms. The van der Waals surface area contributed by atoms with Crippen molar-refractivity contribution in [3.05, 3.63) is 24.3 Å². The summed E-state index contributed by atoms with van der Waals surface area (Å²) >= 11 is 0. The maximum atomic E-state index is 12.7. The number of morpholine rings is 1. The van der Waals surface area contributed by atoms with Crippen LogP contribution in [0.1, 0.15) is 25.7 Å². The first kappa shape index (κ1) is 16.4. The van der Waals surface area contributed by atoms with Crippen molar-refractivity contribution in [3.8, 4) is 0 Å². The fourth-order valence-corrected chi connectivity index (χ4v) is 3.70. The molecule has 2 aliphatic heterocycles. The molecular formula is C19H25N3O3. The Bertz CT molecular complexity index is 653. The van der Waals surface area contributed by atoms with Crippen LogP contribution in [0.15, 0.2) is 24.3 Å². The number of nitrogens with one attached hydrogen (secondary N) is 1. The van der Waals surface area contributed by atoms with Crippen LogP contribution in [0.3, 0.4) is 0 Å². The second-order valence-corrected chi connectivity index (χ2v) is 7.10. The molecule has 0 bridgehead atoms. The average Bonchev–Trinajstić information content (AvgIpc) is 3.38. The third kappa shape index (κ3) is 3.63. The van der Waals surface area contributed by atoms with Gasteiger partial charge in [0.05, 0.1) is 13.2 Å². The number of anilines is 2. The van der Waals surface area contributed by atoms with Crippen molar-refractivity contribution >= 4 is 23.2 Å². The van der Waals surface area contributed by atoms with Gasteiger partial charge in [-0.1, -0.05) is 6.07 Å². The monoisotopic (exact) mass is 343 g/mol. The van der Waals surface area contributed by atoms with Crippen molar-refractivity contribution in [2.24, 2.45) is 5.92 Å². The summed E-state index contributed by atoms with van der Waals surface area (Å²) in [5.41, 5.74) is 1.89. The predicted molar refractivity (Wildman–Crippen MR) is 95.6 cm³/mol. The minimum Gasteiger partial charge on any atom is -0.378 e. The number of carbonyl (C=O) groups excluding carboxylic acids is 2. The van der Waals surface area contributed by atoms with E-state index in [1.54, 1.807) is 4.90 Å². The number of carbonyl (C=O) groups is 2. The minimum absolute atomic E-state index is 0.0642. The van der Waals surface area contributed by atoms with Gasteiger partial charge in [-0.2, -0.15) is 0 Å². The molecule has 0 aromatic heterocycles. The topological polar surface area (TPSA) is 61.9 Å². The normalized spacial score (nSPS) is 23.6. The Hall–Kier alpha value is -2.08. The summed E-state index contributed by atoms with van der Waals surface area (Å²) in [4.78, 5) is 29.1. The number of ether oxygens (including phenoxy) is 1. The SMILES string of the molecule is O=C(Nc1cccc(N2CCOCC2)c1)[C@H]1CCCN1C(=O)C1CC1. The summed E-state index contributed by atoms with van der Waals surface area (Å²) in [6, 6.07) is 7.61. The summed E-state index contributed by atoms with van der Waals surface area (Å²) in [5.74, 6) is 0.267. The maximum absolute atomic E-state index is 12.7. The van der Waals surface area contributed by atoms with Gasteiger partial charge in [-0.3, -0.25) is 9.59 Å². The highest BCUT2D eigenvalue weighted by Crippen LogP contribution is 2.34. The summed E-state index contributed by atoms with van der Waals surface area (Å²) < 4.78 is 5.39. The molecule has 0 spiro atoms. The van der Waals surface area contributed by atoms with E-state index in [0.717, 1.165) is 63.4 Å². The lowest BCUT2D eigenvalue weighted by molar-refractivity contribution is -0.137. The van der Waals surface area contributed by atoms with Crippen molar-refractivity contribution in [2.45, 2.75) is 31.7 Å². The molecule has 1 aromatic rings. The molecule has 2 amide bonds. The van der Waals surface area contributed by atoms with Gasteiger partial charge >= 0.3 is 0 Å². The number of nitrogens with zero attached hydrogens (tertiary/aromatic N) is 2. The van der Waals surface area contributed by atoms with Crippen LogP contribution in [0.4, 0.5) is 11.4 Å². The first-order chi connectivity index (χ1) is 12.2. The molecule has 3 aliphatic rings. The van der Waals surface area contributed by atoms with Crippen molar-refractivity contribution in [3.63, 3.8) is 0 Å². The smallest absolute Gasteiger partial charge is 0.247 e. The standard InChI is InChI=1S/C19H25N3O3/c23-18(17-5-2-8-22(17)19(24)14-6-7-14)20-15-3-1-4-16(13-15)21-9-11-25-12-10-21/h1,3-4,13-14,17H,2,5-12H2,(H,20,23)/t17-/m1/s1. The van der Waals surface area contributed by atoms with Crippen molar-refractivity contribution in [2.75, 3.05) is 43.1 Å². The Morgan fingerprint density at radius 1 is 1.08 bits per heavy atom. The van der Waals surface area contributed by atoms with Crippen LogP contribution in [-0.2, 0) is 14.3 Å². The highest BCUT2D eigenvalue weighted by molar-refractivity contribution is 5.98. The van der Waals surface area contributed by atoms with Crippen LogP contribution in [-0.4, -0.2) is 55.6 Å². The summed E-state index contributed by atoms with van der Waals surface area (Å²) in [6.07, 6.45) is 3.62. The van der Waals surface area contributed by atoms with Gasteiger partial charge < -0.3 is 19.9 Å². The van der Waals surface area contributed by atoms with Gasteiger partial charge in [0.15, 0.2) is 0 Å². The predicted octanol–water partition coefficient (Wildman–Crippen LogP) is 1.86. The fourth-order valence-electron chi connectivity index (χ4n) is 3.70. The number of amides is 2. The van der Waals surface area contributed by atoms with E-state index >= 15 is 0 Å². The summed E-state index contributed by atoms with van der Waals surface area (Å²) in [7, 11) is 0. The third-order valence-electron chi connectivity index (χ3n) is 5.26. The van der Waals surface area contributed by atoms with Crippen LogP contribution in [0, 0.1) is 5.92 Å². The van der Waals surface area contributed by atoms with Gasteiger partial charge in [0.25, 0.3) is 0 Å². The molecule has 2 heterocycles. The van der Waals surface area contributed by atoms with E-state index in [1.165, 1.54) is 0 Å². The zero-order valence-electron chi connectivity index (χ0n) is 14.4. The number of likely N-dealkylation sites (tertiary alicyclic amines) is 1. The molecule has 3 fully saturated rings. The molecule has 1 aliphatic carbocycles. The third-order valence-corrected chi connectivity index (χ3v) is 5.26. The molecule has 134 valence electrons. The minimum atomic E-state index is -0.319. The maximum Gasteiger partial charge on any atom is 0.247 e. The zero-order valence-corrected chi connectivity index (χ0v) is 14.4. The lowest BCUT2D eigenvalue weighted by Crippen LogP contribution is -2.43. The molecule has 4 rings (SSSR count). The molecular weight excluding hydrogens is 318 g/mol. The van der Waals surface area contributed by atoms with E-state index in [-0.39, 0.29) is 23.8 Å². The number of benzene rings is 1. The Kier molecular flexibility index (Phi) is 4.61. The van der Waals surface area contributed by atoms with Crippen LogP contribution in [0.25, 0.3) is 0 Å². The van der Waals surface area contributed by atoms with Gasteiger partial charge in [0, 0.05) is 36.9 Å². The second-order valence-electron chi connectivity index (χ2n) is 7.10. The van der Waals surface area contributed by atoms with Gasteiger partial charge in [0.1, 0.15) is 6.04 Å². The molecule has 1 atom stereocenters. The Morgan fingerprint density at radius 3 is 2.64 bits per heavy atom. The Morgan fingerprint density at radius 2 is 1.88 bits per heavy atom. The lowest BCUT2D eigenvalue weighted by atomic mass is 10.2. The largest absolute Gasteiger partial charge is 0.378 e. The summed E-state index contributed by atoms with van der Waals surface area (Å²) in [6.45, 7) is 3.91. The van der Waals surface area contributed by atoms with Crippen LogP contribution < -0.4 is 10.2 Å². The molecule has 1 aromatic carbocycles. The molecule has 0 unspecified atom stereocenters. The molecule has 6 nitrogen and oxygen atoms in total.